The maximum atomic E-state index is 13.5. The van der Waals surface area contributed by atoms with Crippen LogP contribution in [0.3, 0.4) is 0 Å². The molecule has 3 N–H and O–H groups in total. The molecule has 0 radical (unpaired) electrons. The number of nitrogens with one attached hydrogen (secondary N) is 1. The fraction of sp³-hybridized carbons (Fsp3) is 0.583. The van der Waals surface area contributed by atoms with Crippen molar-refractivity contribution in [3.8, 4) is 0 Å². The van der Waals surface area contributed by atoms with Gasteiger partial charge in [0.2, 0.25) is 0 Å². The van der Waals surface area contributed by atoms with Crippen LogP contribution in [0.4, 0.5) is 4.39 Å². The van der Waals surface area contributed by atoms with Crippen molar-refractivity contribution in [3.63, 3.8) is 0 Å². The topological polar surface area (TPSA) is 60.2 Å². The minimum absolute atomic E-state index is 0.250. The van der Waals surface area contributed by atoms with Crippen LogP contribution in [0.2, 0.25) is 0 Å². The van der Waals surface area contributed by atoms with Crippen LogP contribution in [-0.4, -0.2) is 17.7 Å². The number of hydrogen-bond acceptors (Lipinski definition) is 4. The summed E-state index contributed by atoms with van der Waals surface area (Å²) in [6.07, 6.45) is 2.98. The van der Waals surface area contributed by atoms with Crippen molar-refractivity contribution >= 4 is 0 Å². The van der Waals surface area contributed by atoms with Crippen LogP contribution in [0.1, 0.15) is 38.4 Å². The van der Waals surface area contributed by atoms with E-state index < -0.39 is 0 Å². The van der Waals surface area contributed by atoms with Gasteiger partial charge in [-0.2, -0.15) is 0 Å². The Kier molecular flexibility index (Phi) is 4.99. The molecule has 0 aliphatic heterocycles. The summed E-state index contributed by atoms with van der Waals surface area (Å²) in [5.74, 6) is 5.11. The van der Waals surface area contributed by atoms with Crippen molar-refractivity contribution < 1.29 is 9.13 Å². The minimum Gasteiger partial charge on any atom is -0.379 e. The third-order valence-electron chi connectivity index (χ3n) is 2.91. The molecule has 1 aromatic heterocycles. The van der Waals surface area contributed by atoms with E-state index in [4.69, 9.17) is 10.6 Å². The summed E-state index contributed by atoms with van der Waals surface area (Å²) in [6.45, 7) is 3.96. The zero-order chi connectivity index (χ0) is 12.9. The number of hydrazine groups is 1. The summed E-state index contributed by atoms with van der Waals surface area (Å²) in [7, 11) is 1.66. The van der Waals surface area contributed by atoms with Gasteiger partial charge in [0.1, 0.15) is 5.82 Å². The zero-order valence-electron chi connectivity index (χ0n) is 10.5. The van der Waals surface area contributed by atoms with E-state index in [-0.39, 0.29) is 17.5 Å². The number of nitrogens with two attached hydrogens (primary N) is 1. The molecule has 0 aliphatic carbocycles. The van der Waals surface area contributed by atoms with Crippen LogP contribution < -0.4 is 11.3 Å². The number of aromatic nitrogens is 1. The van der Waals surface area contributed by atoms with Crippen LogP contribution in [0.15, 0.2) is 18.3 Å². The molecule has 0 saturated heterocycles. The molecule has 17 heavy (non-hydrogen) atoms. The van der Waals surface area contributed by atoms with Gasteiger partial charge in [-0.15, -0.1) is 0 Å². The summed E-state index contributed by atoms with van der Waals surface area (Å²) in [5.41, 5.74) is 2.70. The first-order chi connectivity index (χ1) is 8.00. The SMILES string of the molecule is COC(C)(C)CCC(NN)c1ncccc1F. The average molecular weight is 241 g/mol. The van der Waals surface area contributed by atoms with Crippen molar-refractivity contribution in [3.05, 3.63) is 29.8 Å². The number of ether oxygens (including phenoxy) is 1. The third-order valence-corrected chi connectivity index (χ3v) is 2.91. The molecule has 96 valence electrons. The predicted molar refractivity (Wildman–Crippen MR) is 64.6 cm³/mol. The molecule has 0 amide bonds. The van der Waals surface area contributed by atoms with Crippen molar-refractivity contribution in [1.82, 2.24) is 10.4 Å². The number of pyridine rings is 1. The van der Waals surface area contributed by atoms with E-state index in [1.165, 1.54) is 6.07 Å². The summed E-state index contributed by atoms with van der Waals surface area (Å²) in [6, 6.07) is 2.64. The van der Waals surface area contributed by atoms with Gasteiger partial charge >= 0.3 is 0 Å². The molecule has 1 unspecified atom stereocenters. The smallest absolute Gasteiger partial charge is 0.146 e. The standard InChI is InChI=1S/C12H20FN3O/c1-12(2,17-3)7-6-10(16-14)11-9(13)5-4-8-15-11/h4-5,8,10,16H,6-7,14H2,1-3H3. The van der Waals surface area contributed by atoms with Gasteiger partial charge in [-0.1, -0.05) is 0 Å². The van der Waals surface area contributed by atoms with E-state index in [1.54, 1.807) is 19.4 Å². The Bertz CT molecular complexity index is 357. The number of methoxy groups -OCH3 is 1. The molecule has 1 atom stereocenters. The molecule has 1 aromatic rings. The van der Waals surface area contributed by atoms with E-state index in [2.05, 4.69) is 10.4 Å². The average Bonchev–Trinajstić information content (AvgIpc) is 2.32. The van der Waals surface area contributed by atoms with Gasteiger partial charge in [0.25, 0.3) is 0 Å². The fourth-order valence-corrected chi connectivity index (χ4v) is 1.55. The lowest BCUT2D eigenvalue weighted by atomic mass is 9.97. The van der Waals surface area contributed by atoms with E-state index in [0.717, 1.165) is 6.42 Å². The Labute approximate surface area is 101 Å². The highest BCUT2D eigenvalue weighted by Gasteiger charge is 2.21. The van der Waals surface area contributed by atoms with Crippen LogP contribution in [0.25, 0.3) is 0 Å². The summed E-state index contributed by atoms with van der Waals surface area (Å²) in [5, 5.41) is 0. The van der Waals surface area contributed by atoms with E-state index in [0.29, 0.717) is 12.1 Å². The van der Waals surface area contributed by atoms with Gasteiger partial charge < -0.3 is 4.74 Å². The number of rotatable bonds is 6. The van der Waals surface area contributed by atoms with Crippen LogP contribution in [-0.2, 0) is 4.74 Å². The van der Waals surface area contributed by atoms with Crippen molar-refractivity contribution in [1.29, 1.82) is 0 Å². The molecule has 0 bridgehead atoms. The maximum absolute atomic E-state index is 13.5. The quantitative estimate of drug-likeness (QED) is 0.590. The second kappa shape index (κ2) is 6.05. The molecule has 0 saturated carbocycles. The number of halogens is 1. The Balaban J connectivity index is 2.70. The molecular formula is C12H20FN3O. The van der Waals surface area contributed by atoms with Crippen molar-refractivity contribution in [2.45, 2.75) is 38.3 Å². The van der Waals surface area contributed by atoms with Gasteiger partial charge in [0.05, 0.1) is 17.3 Å². The molecule has 1 heterocycles. The molecule has 1 rings (SSSR count). The first-order valence-corrected chi connectivity index (χ1v) is 5.62. The highest BCUT2D eigenvalue weighted by molar-refractivity contribution is 5.11. The molecule has 4 nitrogen and oxygen atoms in total. The highest BCUT2D eigenvalue weighted by Crippen LogP contribution is 2.24. The molecule has 0 spiro atoms. The Morgan fingerprint density at radius 1 is 1.59 bits per heavy atom. The van der Waals surface area contributed by atoms with Crippen LogP contribution in [0.5, 0.6) is 0 Å². The summed E-state index contributed by atoms with van der Waals surface area (Å²) in [4.78, 5) is 4.02. The zero-order valence-corrected chi connectivity index (χ0v) is 10.5. The van der Waals surface area contributed by atoms with Crippen molar-refractivity contribution in [2.75, 3.05) is 7.11 Å². The molecule has 5 heteroatoms. The maximum Gasteiger partial charge on any atom is 0.146 e. The largest absolute Gasteiger partial charge is 0.379 e. The number of hydrogen-bond donors (Lipinski definition) is 2. The van der Waals surface area contributed by atoms with Gasteiger partial charge in [0.15, 0.2) is 0 Å². The van der Waals surface area contributed by atoms with E-state index >= 15 is 0 Å². The van der Waals surface area contributed by atoms with Gasteiger partial charge in [-0.05, 0) is 38.8 Å². The monoisotopic (exact) mass is 241 g/mol. The first kappa shape index (κ1) is 14.0. The van der Waals surface area contributed by atoms with Crippen LogP contribution in [0, 0.1) is 5.82 Å². The lowest BCUT2D eigenvalue weighted by molar-refractivity contribution is 0.0115. The Morgan fingerprint density at radius 3 is 2.82 bits per heavy atom. The van der Waals surface area contributed by atoms with Crippen LogP contribution >= 0.6 is 0 Å². The first-order valence-electron chi connectivity index (χ1n) is 5.62. The minimum atomic E-state index is -0.342. The Morgan fingerprint density at radius 2 is 2.29 bits per heavy atom. The van der Waals surface area contributed by atoms with Gasteiger partial charge in [0, 0.05) is 13.3 Å². The lowest BCUT2D eigenvalue weighted by Gasteiger charge is -2.25. The second-order valence-electron chi connectivity index (χ2n) is 4.59. The van der Waals surface area contributed by atoms with Gasteiger partial charge in [-0.3, -0.25) is 16.3 Å². The summed E-state index contributed by atoms with van der Waals surface area (Å²) >= 11 is 0. The molecule has 0 aromatic carbocycles. The van der Waals surface area contributed by atoms with Gasteiger partial charge in [-0.25, -0.2) is 4.39 Å². The number of nitrogens with zero attached hydrogens (tertiary/aromatic N) is 1. The summed E-state index contributed by atoms with van der Waals surface area (Å²) < 4.78 is 18.9. The van der Waals surface area contributed by atoms with Crippen molar-refractivity contribution in [2.24, 2.45) is 5.84 Å². The molecule has 0 fully saturated rings. The highest BCUT2D eigenvalue weighted by atomic mass is 19.1. The third kappa shape index (κ3) is 4.03. The predicted octanol–water partition coefficient (Wildman–Crippen LogP) is 1.93. The van der Waals surface area contributed by atoms with E-state index in [1.807, 2.05) is 13.8 Å². The lowest BCUT2D eigenvalue weighted by Crippen LogP contribution is -2.32. The Hall–Kier alpha value is -1.04. The fourth-order valence-electron chi connectivity index (χ4n) is 1.55. The molecular weight excluding hydrogens is 221 g/mol. The van der Waals surface area contributed by atoms with E-state index in [9.17, 15) is 4.39 Å². The second-order valence-corrected chi connectivity index (χ2v) is 4.59. The normalized spacial score (nSPS) is 13.7. The molecule has 0 aliphatic rings.